The minimum absolute atomic E-state index is 0.0308. The molecule has 8 nitrogen and oxygen atoms in total. The molecule has 3 N–H and O–H groups in total. The Morgan fingerprint density at radius 3 is 2.89 bits per heavy atom. The molecule has 1 aromatic heterocycles. The van der Waals surface area contributed by atoms with Gasteiger partial charge in [-0.3, -0.25) is 10.1 Å². The summed E-state index contributed by atoms with van der Waals surface area (Å²) in [6.07, 6.45) is 0. The van der Waals surface area contributed by atoms with Crippen LogP contribution in [0.2, 0.25) is 0 Å². The highest BCUT2D eigenvalue weighted by Crippen LogP contribution is 2.30. The lowest BCUT2D eigenvalue weighted by atomic mass is 10.1. The van der Waals surface area contributed by atoms with Crippen LogP contribution in [0.25, 0.3) is 0 Å². The summed E-state index contributed by atoms with van der Waals surface area (Å²) >= 11 is 0. The molecule has 0 aliphatic carbocycles. The minimum atomic E-state index is -0.439. The van der Waals surface area contributed by atoms with Crippen LogP contribution in [-0.2, 0) is 4.74 Å². The highest BCUT2D eigenvalue weighted by Gasteiger charge is 2.31. The highest BCUT2D eigenvalue weighted by atomic mass is 16.6. The van der Waals surface area contributed by atoms with E-state index in [9.17, 15) is 10.1 Å². The zero-order chi connectivity index (χ0) is 14.0. The SMILES string of the molecule is CC1(C)CN(c2nc(NN)ccc2[N+](=O)[O-])CCO1. The Morgan fingerprint density at radius 1 is 1.58 bits per heavy atom. The second-order valence-electron chi connectivity index (χ2n) is 4.97. The standard InChI is InChI=1S/C11H17N5O3/c1-11(2)7-15(5-6-19-11)10-8(16(17)18)3-4-9(13-10)14-12/h3-4H,5-7,12H2,1-2H3,(H,13,14). The molecule has 104 valence electrons. The van der Waals surface area contributed by atoms with Crippen LogP contribution in [-0.4, -0.2) is 35.2 Å². The molecule has 0 amide bonds. The molecule has 2 rings (SSSR count). The van der Waals surface area contributed by atoms with Crippen LogP contribution in [0.5, 0.6) is 0 Å². The summed E-state index contributed by atoms with van der Waals surface area (Å²) in [5.74, 6) is 6.01. The fraction of sp³-hybridized carbons (Fsp3) is 0.545. The zero-order valence-corrected chi connectivity index (χ0v) is 10.9. The molecule has 2 heterocycles. The van der Waals surface area contributed by atoms with E-state index < -0.39 is 4.92 Å². The maximum absolute atomic E-state index is 11.1. The maximum atomic E-state index is 11.1. The first-order valence-electron chi connectivity index (χ1n) is 5.94. The number of nitro groups is 1. The lowest BCUT2D eigenvalue weighted by molar-refractivity contribution is -0.384. The van der Waals surface area contributed by atoms with Crippen molar-refractivity contribution in [2.45, 2.75) is 19.4 Å². The molecule has 0 atom stereocenters. The summed E-state index contributed by atoms with van der Waals surface area (Å²) in [7, 11) is 0. The molecule has 1 aliphatic heterocycles. The van der Waals surface area contributed by atoms with Gasteiger partial charge in [0.25, 0.3) is 0 Å². The number of hydrazine groups is 1. The molecule has 0 aromatic carbocycles. The summed E-state index contributed by atoms with van der Waals surface area (Å²) in [6, 6.07) is 2.88. The smallest absolute Gasteiger partial charge is 0.311 e. The van der Waals surface area contributed by atoms with Gasteiger partial charge < -0.3 is 15.1 Å². The van der Waals surface area contributed by atoms with E-state index in [-0.39, 0.29) is 11.3 Å². The van der Waals surface area contributed by atoms with E-state index in [0.29, 0.717) is 31.3 Å². The molecule has 0 radical (unpaired) electrons. The number of hydrogen-bond donors (Lipinski definition) is 2. The van der Waals surface area contributed by atoms with Gasteiger partial charge in [0.1, 0.15) is 5.82 Å². The van der Waals surface area contributed by atoms with Gasteiger partial charge in [0.15, 0.2) is 0 Å². The van der Waals surface area contributed by atoms with Crippen molar-refractivity contribution < 1.29 is 9.66 Å². The summed E-state index contributed by atoms with van der Waals surface area (Å²) in [6.45, 7) is 5.48. The van der Waals surface area contributed by atoms with E-state index in [2.05, 4.69) is 10.4 Å². The number of morpholine rings is 1. The molecule has 0 bridgehead atoms. The average Bonchev–Trinajstić information content (AvgIpc) is 2.36. The number of ether oxygens (including phenoxy) is 1. The Bertz CT molecular complexity index is 491. The Balaban J connectivity index is 2.38. The molecule has 0 saturated carbocycles. The quantitative estimate of drug-likeness (QED) is 0.475. The molecule has 0 unspecified atom stereocenters. The van der Waals surface area contributed by atoms with Crippen LogP contribution >= 0.6 is 0 Å². The normalized spacial score (nSPS) is 18.2. The summed E-state index contributed by atoms with van der Waals surface area (Å²) in [5, 5.41) is 11.1. The van der Waals surface area contributed by atoms with E-state index in [1.54, 1.807) is 0 Å². The van der Waals surface area contributed by atoms with Crippen LogP contribution in [0.15, 0.2) is 12.1 Å². The van der Waals surface area contributed by atoms with E-state index >= 15 is 0 Å². The van der Waals surface area contributed by atoms with Crippen LogP contribution < -0.4 is 16.2 Å². The van der Waals surface area contributed by atoms with Crippen LogP contribution in [0, 0.1) is 10.1 Å². The van der Waals surface area contributed by atoms with Gasteiger partial charge in [0.2, 0.25) is 5.82 Å². The van der Waals surface area contributed by atoms with Crippen molar-refractivity contribution >= 4 is 17.3 Å². The van der Waals surface area contributed by atoms with Crippen LogP contribution in [0.3, 0.4) is 0 Å². The van der Waals surface area contributed by atoms with Crippen LogP contribution in [0.4, 0.5) is 17.3 Å². The number of anilines is 2. The predicted octanol–water partition coefficient (Wildman–Crippen LogP) is 0.891. The van der Waals surface area contributed by atoms with Crippen molar-refractivity contribution in [3.8, 4) is 0 Å². The third-order valence-corrected chi connectivity index (χ3v) is 2.92. The second kappa shape index (κ2) is 4.98. The van der Waals surface area contributed by atoms with Crippen molar-refractivity contribution in [3.05, 3.63) is 22.2 Å². The number of pyridine rings is 1. The number of nitrogens with two attached hydrogens (primary N) is 1. The van der Waals surface area contributed by atoms with Crippen molar-refractivity contribution in [3.63, 3.8) is 0 Å². The number of nitrogens with zero attached hydrogens (tertiary/aromatic N) is 3. The Hall–Kier alpha value is -1.93. The second-order valence-corrected chi connectivity index (χ2v) is 4.97. The van der Waals surface area contributed by atoms with Crippen molar-refractivity contribution in [2.75, 3.05) is 30.0 Å². The summed E-state index contributed by atoms with van der Waals surface area (Å²) in [4.78, 5) is 16.7. The molecule has 1 aromatic rings. The predicted molar refractivity (Wildman–Crippen MR) is 70.9 cm³/mol. The first-order valence-corrected chi connectivity index (χ1v) is 5.94. The molecular formula is C11H17N5O3. The highest BCUT2D eigenvalue weighted by molar-refractivity contribution is 5.62. The van der Waals surface area contributed by atoms with Crippen molar-refractivity contribution in [1.29, 1.82) is 0 Å². The fourth-order valence-electron chi connectivity index (χ4n) is 2.09. The lowest BCUT2D eigenvalue weighted by Crippen LogP contribution is -2.48. The molecule has 0 spiro atoms. The van der Waals surface area contributed by atoms with Gasteiger partial charge in [-0.2, -0.15) is 0 Å². The van der Waals surface area contributed by atoms with E-state index in [0.717, 1.165) is 0 Å². The van der Waals surface area contributed by atoms with Crippen molar-refractivity contribution in [2.24, 2.45) is 5.84 Å². The van der Waals surface area contributed by atoms with Gasteiger partial charge in [0.05, 0.1) is 17.1 Å². The molecule has 1 aliphatic rings. The van der Waals surface area contributed by atoms with Gasteiger partial charge in [-0.25, -0.2) is 10.8 Å². The third kappa shape index (κ3) is 2.91. The Labute approximate surface area is 110 Å². The van der Waals surface area contributed by atoms with Gasteiger partial charge in [-0.05, 0) is 19.9 Å². The number of nitrogens with one attached hydrogen (secondary N) is 1. The first-order chi connectivity index (χ1) is 8.93. The van der Waals surface area contributed by atoms with Gasteiger partial charge >= 0.3 is 5.69 Å². The fourth-order valence-corrected chi connectivity index (χ4v) is 2.09. The molecule has 8 heteroatoms. The van der Waals surface area contributed by atoms with E-state index in [4.69, 9.17) is 10.6 Å². The monoisotopic (exact) mass is 267 g/mol. The molecular weight excluding hydrogens is 250 g/mol. The minimum Gasteiger partial charge on any atom is -0.372 e. The summed E-state index contributed by atoms with van der Waals surface area (Å²) < 4.78 is 5.59. The lowest BCUT2D eigenvalue weighted by Gasteiger charge is -2.38. The molecule has 1 saturated heterocycles. The topological polar surface area (TPSA) is 107 Å². The van der Waals surface area contributed by atoms with Crippen LogP contribution in [0.1, 0.15) is 13.8 Å². The number of nitrogen functional groups attached to an aromatic ring is 1. The number of aromatic nitrogens is 1. The van der Waals surface area contributed by atoms with E-state index in [1.807, 2.05) is 18.7 Å². The number of hydrogen-bond acceptors (Lipinski definition) is 7. The van der Waals surface area contributed by atoms with Gasteiger partial charge in [-0.1, -0.05) is 0 Å². The van der Waals surface area contributed by atoms with Crippen molar-refractivity contribution in [1.82, 2.24) is 4.98 Å². The molecule has 1 fully saturated rings. The average molecular weight is 267 g/mol. The summed E-state index contributed by atoms with van der Waals surface area (Å²) in [5.41, 5.74) is 2.01. The number of rotatable bonds is 3. The Kier molecular flexibility index (Phi) is 3.54. The molecule has 19 heavy (non-hydrogen) atoms. The Morgan fingerprint density at radius 2 is 2.32 bits per heavy atom. The van der Waals surface area contributed by atoms with Gasteiger partial charge in [0, 0.05) is 19.2 Å². The van der Waals surface area contributed by atoms with E-state index in [1.165, 1.54) is 12.1 Å². The third-order valence-electron chi connectivity index (χ3n) is 2.92. The largest absolute Gasteiger partial charge is 0.372 e. The zero-order valence-electron chi connectivity index (χ0n) is 10.9. The van der Waals surface area contributed by atoms with Gasteiger partial charge in [-0.15, -0.1) is 0 Å². The first kappa shape index (κ1) is 13.5. The maximum Gasteiger partial charge on any atom is 0.311 e.